The molecular formula is C15H18N2O. The van der Waals surface area contributed by atoms with Crippen LogP contribution in [0, 0.1) is 0 Å². The predicted molar refractivity (Wildman–Crippen MR) is 73.9 cm³/mol. The lowest BCUT2D eigenvalue weighted by Crippen LogP contribution is -2.04. The number of hydrogen-bond donors (Lipinski definition) is 1. The Kier molecular flexibility index (Phi) is 4.18. The van der Waals surface area contributed by atoms with Crippen LogP contribution in [-0.2, 0) is 13.0 Å². The Bertz CT molecular complexity index is 511. The first kappa shape index (κ1) is 12.4. The van der Waals surface area contributed by atoms with Crippen LogP contribution in [0.25, 0.3) is 0 Å². The van der Waals surface area contributed by atoms with Crippen LogP contribution >= 0.6 is 0 Å². The molecule has 1 N–H and O–H groups in total. The zero-order valence-corrected chi connectivity index (χ0v) is 10.8. The largest absolute Gasteiger partial charge is 0.481 e. The average Bonchev–Trinajstić information content (AvgIpc) is 2.45. The maximum atomic E-state index is 5.10. The molecule has 3 nitrogen and oxygen atoms in total. The molecule has 0 aliphatic carbocycles. The molecule has 0 unspecified atom stereocenters. The van der Waals surface area contributed by atoms with Crippen LogP contribution in [0.2, 0.25) is 0 Å². The first-order valence-electron chi connectivity index (χ1n) is 6.15. The van der Waals surface area contributed by atoms with Gasteiger partial charge in [-0.15, -0.1) is 0 Å². The smallest absolute Gasteiger partial charge is 0.214 e. The summed E-state index contributed by atoms with van der Waals surface area (Å²) in [5, 5.41) is 3.32. The molecule has 0 atom stereocenters. The molecule has 0 aliphatic heterocycles. The number of anilines is 1. The first-order valence-corrected chi connectivity index (χ1v) is 6.15. The number of benzene rings is 1. The van der Waals surface area contributed by atoms with Gasteiger partial charge in [0.25, 0.3) is 0 Å². The van der Waals surface area contributed by atoms with Crippen molar-refractivity contribution in [2.75, 3.05) is 12.4 Å². The molecule has 0 amide bonds. The second-order valence-corrected chi connectivity index (χ2v) is 4.04. The molecule has 94 valence electrons. The maximum absolute atomic E-state index is 5.10. The van der Waals surface area contributed by atoms with Crippen LogP contribution < -0.4 is 10.1 Å². The van der Waals surface area contributed by atoms with Crippen LogP contribution in [0.1, 0.15) is 18.1 Å². The number of nitrogens with zero attached hydrogens (tertiary/aromatic N) is 1. The molecule has 0 radical (unpaired) electrons. The van der Waals surface area contributed by atoms with Gasteiger partial charge >= 0.3 is 0 Å². The normalized spacial score (nSPS) is 10.1. The summed E-state index contributed by atoms with van der Waals surface area (Å²) in [4.78, 5) is 4.33. The molecule has 1 aromatic carbocycles. The molecule has 3 heteroatoms. The Morgan fingerprint density at radius 1 is 1.06 bits per heavy atom. The Labute approximate surface area is 108 Å². The van der Waals surface area contributed by atoms with E-state index in [1.807, 2.05) is 18.2 Å². The van der Waals surface area contributed by atoms with E-state index in [0.717, 1.165) is 18.8 Å². The van der Waals surface area contributed by atoms with Crippen molar-refractivity contribution >= 4 is 5.82 Å². The minimum atomic E-state index is 0.628. The highest BCUT2D eigenvalue weighted by Crippen LogP contribution is 2.14. The molecule has 0 fully saturated rings. The summed E-state index contributed by atoms with van der Waals surface area (Å²) >= 11 is 0. The van der Waals surface area contributed by atoms with Crippen molar-refractivity contribution < 1.29 is 4.74 Å². The van der Waals surface area contributed by atoms with Crippen molar-refractivity contribution in [3.8, 4) is 5.88 Å². The third kappa shape index (κ3) is 3.00. The van der Waals surface area contributed by atoms with Gasteiger partial charge < -0.3 is 10.1 Å². The number of ether oxygens (including phenoxy) is 1. The number of rotatable bonds is 5. The van der Waals surface area contributed by atoms with E-state index >= 15 is 0 Å². The predicted octanol–water partition coefficient (Wildman–Crippen LogP) is 3.26. The summed E-state index contributed by atoms with van der Waals surface area (Å²) in [5.41, 5.74) is 2.68. The Morgan fingerprint density at radius 2 is 1.83 bits per heavy atom. The highest BCUT2D eigenvalue weighted by atomic mass is 16.5. The standard InChI is InChI=1S/C15H18N2O/c1-3-12-7-4-5-8-13(12)11-16-14-9-6-10-15(17-14)18-2/h4-10H,3,11H2,1-2H3,(H,16,17). The van der Waals surface area contributed by atoms with E-state index in [4.69, 9.17) is 4.74 Å². The van der Waals surface area contributed by atoms with Crippen LogP contribution in [0.5, 0.6) is 5.88 Å². The molecule has 0 aliphatic rings. The minimum Gasteiger partial charge on any atom is -0.481 e. The van der Waals surface area contributed by atoms with Gasteiger partial charge in [-0.2, -0.15) is 4.98 Å². The topological polar surface area (TPSA) is 34.1 Å². The molecular weight excluding hydrogens is 224 g/mol. The van der Waals surface area contributed by atoms with E-state index in [2.05, 4.69) is 41.5 Å². The van der Waals surface area contributed by atoms with E-state index in [-0.39, 0.29) is 0 Å². The summed E-state index contributed by atoms with van der Waals surface area (Å²) in [6, 6.07) is 14.2. The van der Waals surface area contributed by atoms with Crippen molar-refractivity contribution in [3.63, 3.8) is 0 Å². The molecule has 2 rings (SSSR count). The van der Waals surface area contributed by atoms with Crippen molar-refractivity contribution in [2.24, 2.45) is 0 Å². The fraction of sp³-hybridized carbons (Fsp3) is 0.267. The highest BCUT2D eigenvalue weighted by molar-refractivity contribution is 5.39. The molecule has 0 bridgehead atoms. The van der Waals surface area contributed by atoms with Crippen LogP contribution in [-0.4, -0.2) is 12.1 Å². The van der Waals surface area contributed by atoms with Crippen molar-refractivity contribution in [2.45, 2.75) is 19.9 Å². The zero-order valence-electron chi connectivity index (χ0n) is 10.8. The first-order chi connectivity index (χ1) is 8.83. The average molecular weight is 242 g/mol. The second-order valence-electron chi connectivity index (χ2n) is 4.04. The van der Waals surface area contributed by atoms with E-state index in [1.54, 1.807) is 7.11 Å². The lowest BCUT2D eigenvalue weighted by Gasteiger charge is -2.10. The summed E-state index contributed by atoms with van der Waals surface area (Å²) < 4.78 is 5.10. The van der Waals surface area contributed by atoms with Gasteiger partial charge in [0, 0.05) is 12.6 Å². The van der Waals surface area contributed by atoms with Gasteiger partial charge in [0.05, 0.1) is 7.11 Å². The molecule has 0 spiro atoms. The molecule has 2 aromatic rings. The number of nitrogens with one attached hydrogen (secondary N) is 1. The molecule has 0 saturated heterocycles. The van der Waals surface area contributed by atoms with Gasteiger partial charge in [-0.25, -0.2) is 0 Å². The highest BCUT2D eigenvalue weighted by Gasteiger charge is 2.01. The molecule has 18 heavy (non-hydrogen) atoms. The fourth-order valence-electron chi connectivity index (χ4n) is 1.89. The number of aromatic nitrogens is 1. The van der Waals surface area contributed by atoms with Gasteiger partial charge in [0.2, 0.25) is 5.88 Å². The number of aryl methyl sites for hydroxylation is 1. The monoisotopic (exact) mass is 242 g/mol. The van der Waals surface area contributed by atoms with Crippen molar-refractivity contribution in [1.29, 1.82) is 0 Å². The van der Waals surface area contributed by atoms with Crippen LogP contribution in [0.4, 0.5) is 5.82 Å². The van der Waals surface area contributed by atoms with Crippen molar-refractivity contribution in [1.82, 2.24) is 4.98 Å². The number of methoxy groups -OCH3 is 1. The fourth-order valence-corrected chi connectivity index (χ4v) is 1.89. The van der Waals surface area contributed by atoms with Crippen LogP contribution in [0.3, 0.4) is 0 Å². The Hall–Kier alpha value is -2.03. The van der Waals surface area contributed by atoms with E-state index < -0.39 is 0 Å². The van der Waals surface area contributed by atoms with Gasteiger partial charge in [-0.3, -0.25) is 0 Å². The molecule has 1 aromatic heterocycles. The van der Waals surface area contributed by atoms with Gasteiger partial charge in [-0.1, -0.05) is 37.3 Å². The minimum absolute atomic E-state index is 0.628. The van der Waals surface area contributed by atoms with E-state index in [9.17, 15) is 0 Å². The Morgan fingerprint density at radius 3 is 2.56 bits per heavy atom. The summed E-state index contributed by atoms with van der Waals surface area (Å²) in [6.45, 7) is 2.95. The lowest BCUT2D eigenvalue weighted by molar-refractivity contribution is 0.398. The van der Waals surface area contributed by atoms with Gasteiger partial charge in [-0.05, 0) is 23.6 Å². The second kappa shape index (κ2) is 6.05. The molecule has 1 heterocycles. The molecule has 0 saturated carbocycles. The van der Waals surface area contributed by atoms with Crippen LogP contribution in [0.15, 0.2) is 42.5 Å². The lowest BCUT2D eigenvalue weighted by atomic mass is 10.1. The summed E-state index contributed by atoms with van der Waals surface area (Å²) in [5.74, 6) is 1.46. The quantitative estimate of drug-likeness (QED) is 0.873. The van der Waals surface area contributed by atoms with Gasteiger partial charge in [0.15, 0.2) is 0 Å². The summed E-state index contributed by atoms with van der Waals surface area (Å²) in [7, 11) is 1.62. The third-order valence-electron chi connectivity index (χ3n) is 2.89. The van der Waals surface area contributed by atoms with E-state index in [1.165, 1.54) is 11.1 Å². The summed E-state index contributed by atoms with van der Waals surface area (Å²) in [6.07, 6.45) is 1.05. The number of hydrogen-bond acceptors (Lipinski definition) is 3. The van der Waals surface area contributed by atoms with E-state index in [0.29, 0.717) is 5.88 Å². The Balaban J connectivity index is 2.06. The SMILES string of the molecule is CCc1ccccc1CNc1cccc(OC)n1. The zero-order chi connectivity index (χ0) is 12.8. The maximum Gasteiger partial charge on any atom is 0.214 e. The number of pyridine rings is 1. The third-order valence-corrected chi connectivity index (χ3v) is 2.89. The van der Waals surface area contributed by atoms with Gasteiger partial charge in [0.1, 0.15) is 5.82 Å². The van der Waals surface area contributed by atoms with Crippen molar-refractivity contribution in [3.05, 3.63) is 53.6 Å².